The minimum Gasteiger partial charge on any atom is -0.453 e. The molecule has 0 bridgehead atoms. The van der Waals surface area contributed by atoms with Gasteiger partial charge in [-0.15, -0.1) is 0 Å². The van der Waals surface area contributed by atoms with Gasteiger partial charge in [-0.2, -0.15) is 5.26 Å². The summed E-state index contributed by atoms with van der Waals surface area (Å²) in [7, 11) is -3.75. The first-order valence-corrected chi connectivity index (χ1v) is 22.8. The molecule has 3 N–H and O–H groups in total. The average molecular weight is 908 g/mol. The fourth-order valence-corrected chi connectivity index (χ4v) is 9.77. The van der Waals surface area contributed by atoms with Crippen LogP contribution in [0, 0.1) is 23.0 Å². The van der Waals surface area contributed by atoms with Crippen molar-refractivity contribution in [1.82, 2.24) is 34.6 Å². The molecule has 336 valence electrons. The van der Waals surface area contributed by atoms with Crippen molar-refractivity contribution in [1.29, 1.82) is 5.26 Å². The van der Waals surface area contributed by atoms with E-state index in [0.29, 0.717) is 99.8 Å². The van der Waals surface area contributed by atoms with Crippen molar-refractivity contribution in [2.75, 3.05) is 60.8 Å². The lowest BCUT2D eigenvalue weighted by Gasteiger charge is -2.37. The zero-order valence-electron chi connectivity index (χ0n) is 34.9. The van der Waals surface area contributed by atoms with Crippen molar-refractivity contribution >= 4 is 56.0 Å². The van der Waals surface area contributed by atoms with Crippen LogP contribution < -0.4 is 30.6 Å². The van der Waals surface area contributed by atoms with Crippen LogP contribution in [0.15, 0.2) is 72.0 Å². The van der Waals surface area contributed by atoms with Crippen LogP contribution in [0.4, 0.5) is 26.1 Å². The quantitative estimate of drug-likeness (QED) is 0.152. The Morgan fingerprint density at radius 1 is 0.892 bits per heavy atom. The summed E-state index contributed by atoms with van der Waals surface area (Å²) in [6.07, 6.45) is 7.25. The molecule has 3 saturated heterocycles. The number of nitrogens with zero attached hydrogens (tertiary/aromatic N) is 8. The molecule has 2 aromatic heterocycles. The molecule has 9 rings (SSSR count). The van der Waals surface area contributed by atoms with Crippen LogP contribution >= 0.6 is 0 Å². The molecule has 18 nitrogen and oxygen atoms in total. The molecular formula is C44H43F2N11O7S. The maximum atomic E-state index is 15.2. The Morgan fingerprint density at radius 2 is 1.65 bits per heavy atom. The number of benzene rings is 3. The van der Waals surface area contributed by atoms with E-state index >= 15 is 8.78 Å². The highest BCUT2D eigenvalue weighted by Crippen LogP contribution is 2.37. The highest BCUT2D eigenvalue weighted by molar-refractivity contribution is 7.93. The molecule has 5 heterocycles. The minimum absolute atomic E-state index is 0.00296. The van der Waals surface area contributed by atoms with Gasteiger partial charge in [-0.25, -0.2) is 32.2 Å². The van der Waals surface area contributed by atoms with Gasteiger partial charge in [0.2, 0.25) is 33.7 Å². The molecule has 1 saturated carbocycles. The maximum absolute atomic E-state index is 15.2. The highest BCUT2D eigenvalue weighted by atomic mass is 32.2. The number of fused-ring (bicyclic) bond motifs is 1. The van der Waals surface area contributed by atoms with Crippen molar-refractivity contribution in [3.63, 3.8) is 0 Å². The largest absolute Gasteiger partial charge is 0.453 e. The highest BCUT2D eigenvalue weighted by Gasteiger charge is 2.37. The third-order valence-corrected chi connectivity index (χ3v) is 14.0. The molecule has 65 heavy (non-hydrogen) atoms. The summed E-state index contributed by atoms with van der Waals surface area (Å²) in [5.41, 5.74) is 0.764. The number of ether oxygens (including phenoxy) is 1. The predicted octanol–water partition coefficient (Wildman–Crippen LogP) is 3.77. The monoisotopic (exact) mass is 907 g/mol. The molecule has 5 aromatic rings. The summed E-state index contributed by atoms with van der Waals surface area (Å²) >= 11 is 0. The van der Waals surface area contributed by atoms with Crippen molar-refractivity contribution in [3.8, 4) is 23.3 Å². The van der Waals surface area contributed by atoms with Crippen LogP contribution in [0.3, 0.4) is 0 Å². The van der Waals surface area contributed by atoms with Crippen LogP contribution in [0.1, 0.15) is 55.6 Å². The Labute approximate surface area is 371 Å². The molecular weight excluding hydrogens is 865 g/mol. The maximum Gasteiger partial charge on any atom is 0.266 e. The van der Waals surface area contributed by atoms with E-state index in [-0.39, 0.29) is 58.9 Å². The van der Waals surface area contributed by atoms with Gasteiger partial charge in [-0.05, 0) is 99.1 Å². The Hall–Kier alpha value is -7.05. The third kappa shape index (κ3) is 9.30. The normalized spacial score (nSPS) is 18.6. The Morgan fingerprint density at radius 3 is 2.34 bits per heavy atom. The number of hydrogen-bond acceptors (Lipinski definition) is 14. The first-order valence-electron chi connectivity index (χ1n) is 21.2. The Balaban J connectivity index is 0.778. The number of carbonyl (C=O) groups is 3. The van der Waals surface area contributed by atoms with E-state index in [9.17, 15) is 32.9 Å². The number of piperidine rings is 2. The van der Waals surface area contributed by atoms with Gasteiger partial charge in [0, 0.05) is 38.3 Å². The smallest absolute Gasteiger partial charge is 0.266 e. The van der Waals surface area contributed by atoms with Gasteiger partial charge in [0.1, 0.15) is 35.6 Å². The topological polar surface area (TPSA) is 225 Å². The van der Waals surface area contributed by atoms with Gasteiger partial charge in [-0.3, -0.25) is 38.7 Å². The summed E-state index contributed by atoms with van der Waals surface area (Å²) in [6.45, 7) is 3.44. The summed E-state index contributed by atoms with van der Waals surface area (Å²) < 4.78 is 64.8. The molecule has 3 amide bonds. The zero-order valence-corrected chi connectivity index (χ0v) is 35.7. The van der Waals surface area contributed by atoms with E-state index in [1.165, 1.54) is 47.6 Å². The van der Waals surface area contributed by atoms with E-state index < -0.39 is 44.3 Å². The number of hydrogen-bond donors (Lipinski definition) is 3. The van der Waals surface area contributed by atoms with Crippen LogP contribution in [0.5, 0.6) is 11.5 Å². The van der Waals surface area contributed by atoms with E-state index in [4.69, 9.17) is 4.74 Å². The number of aromatic nitrogens is 4. The summed E-state index contributed by atoms with van der Waals surface area (Å²) in [5, 5.41) is 14.7. The number of rotatable bonds is 12. The molecule has 3 aromatic carbocycles. The number of imide groups is 1. The molecule has 4 aliphatic rings. The van der Waals surface area contributed by atoms with Crippen molar-refractivity contribution < 1.29 is 36.3 Å². The van der Waals surface area contributed by atoms with Crippen molar-refractivity contribution in [3.05, 3.63) is 100 Å². The summed E-state index contributed by atoms with van der Waals surface area (Å²) in [5.74, 6) is -2.05. The SMILES string of the molecule is N#Cc1c(NS(=O)(=O)C2CC2)ccc(F)c1Oc1ccc2ncn(-c3cnc(N4CCN(C(=O)CN5CCC(c6ccc(N[C@@H]7CCC(=O)NC7=O)cc6F)CC5)CC4)nc3)c(=O)c2c1. The van der Waals surface area contributed by atoms with E-state index in [0.717, 1.165) is 12.1 Å². The second-order valence-electron chi connectivity index (χ2n) is 16.5. The number of nitriles is 1. The number of halogens is 2. The lowest BCUT2D eigenvalue weighted by molar-refractivity contribution is -0.134. The molecule has 0 spiro atoms. The van der Waals surface area contributed by atoms with Gasteiger partial charge >= 0.3 is 0 Å². The molecule has 4 fully saturated rings. The predicted molar refractivity (Wildman–Crippen MR) is 233 cm³/mol. The van der Waals surface area contributed by atoms with Gasteiger partial charge in [0.05, 0.1) is 46.5 Å². The first kappa shape index (κ1) is 43.2. The summed E-state index contributed by atoms with van der Waals surface area (Å²) in [6, 6.07) is 12.6. The number of anilines is 3. The number of likely N-dealkylation sites (tertiary alicyclic amines) is 1. The van der Waals surface area contributed by atoms with Crippen LogP contribution in [-0.4, -0.2) is 113 Å². The number of amides is 3. The van der Waals surface area contributed by atoms with Crippen LogP contribution in [-0.2, 0) is 24.4 Å². The van der Waals surface area contributed by atoms with Crippen LogP contribution in [0.2, 0.25) is 0 Å². The Kier molecular flexibility index (Phi) is 11.9. The Bertz CT molecular complexity index is 2910. The molecule has 0 radical (unpaired) electrons. The fraction of sp³-hybridized carbons (Fsp3) is 0.364. The van der Waals surface area contributed by atoms with E-state index in [1.54, 1.807) is 12.1 Å². The molecule has 0 unspecified atom stereocenters. The molecule has 21 heteroatoms. The zero-order chi connectivity index (χ0) is 45.4. The van der Waals surface area contributed by atoms with Crippen molar-refractivity contribution in [2.24, 2.45) is 0 Å². The fourth-order valence-electron chi connectivity index (χ4n) is 8.37. The number of nitrogens with one attached hydrogen (secondary N) is 3. The van der Waals surface area contributed by atoms with E-state index in [1.807, 2.05) is 15.9 Å². The van der Waals surface area contributed by atoms with E-state index in [2.05, 4.69) is 35.2 Å². The lowest BCUT2D eigenvalue weighted by atomic mass is 9.89. The molecule has 3 aliphatic heterocycles. The second-order valence-corrected chi connectivity index (χ2v) is 18.5. The average Bonchev–Trinajstić information content (AvgIpc) is 4.17. The van der Waals surface area contributed by atoms with Gasteiger partial charge in [0.15, 0.2) is 11.6 Å². The summed E-state index contributed by atoms with van der Waals surface area (Å²) in [4.78, 5) is 69.9. The number of piperazine rings is 1. The van der Waals surface area contributed by atoms with Gasteiger partial charge in [0.25, 0.3) is 5.56 Å². The van der Waals surface area contributed by atoms with Gasteiger partial charge in [-0.1, -0.05) is 6.07 Å². The standard InChI is InChI=1S/C44H43F2N11O7S/c45-34-6-8-37(53-65(62,63)30-3-4-30)33(21-47)41(34)64-29-2-7-36-32(20-29)43(61)57(25-50-36)28-22-48-44(49-23-28)56-17-15-55(16-18-56)40(59)24-54-13-11-26(12-14-54)31-5-1-27(19-35(31)46)51-38-9-10-39(58)52-42(38)60/h1-2,5-8,19-20,22-23,25-26,30,38,51,53H,3-4,9-18,24H2,(H,52,58,60)/t38-/m1/s1. The molecule has 1 atom stereocenters. The van der Waals surface area contributed by atoms with Crippen molar-refractivity contribution in [2.45, 2.75) is 55.7 Å². The molecule has 1 aliphatic carbocycles. The second kappa shape index (κ2) is 17.8. The van der Waals surface area contributed by atoms with Gasteiger partial charge < -0.3 is 19.9 Å². The lowest BCUT2D eigenvalue weighted by Crippen LogP contribution is -2.52. The number of carbonyl (C=O) groups excluding carboxylic acids is 3. The first-order chi connectivity index (χ1) is 31.3. The minimum atomic E-state index is -3.75. The third-order valence-electron chi connectivity index (χ3n) is 12.2. The van der Waals surface area contributed by atoms with Crippen LogP contribution in [0.25, 0.3) is 16.6 Å². The number of sulfonamides is 1.